The molecule has 1 N–H and O–H groups in total. The van der Waals surface area contributed by atoms with Gasteiger partial charge in [-0.3, -0.25) is 0 Å². The van der Waals surface area contributed by atoms with Crippen molar-refractivity contribution in [2.24, 2.45) is 5.92 Å². The van der Waals surface area contributed by atoms with Crippen molar-refractivity contribution in [3.63, 3.8) is 0 Å². The van der Waals surface area contributed by atoms with Gasteiger partial charge in [0.1, 0.15) is 0 Å². The number of methoxy groups -OCH3 is 1. The molecule has 1 aliphatic rings. The van der Waals surface area contributed by atoms with Crippen molar-refractivity contribution in [1.29, 1.82) is 0 Å². The highest BCUT2D eigenvalue weighted by atomic mass is 16.5. The smallest absolute Gasteiger partial charge is 0.231 e. The maximum absolute atomic E-state index is 5.31. The van der Waals surface area contributed by atoms with Gasteiger partial charge in [0.15, 0.2) is 5.82 Å². The number of ether oxygens (including phenoxy) is 1. The second kappa shape index (κ2) is 4.93. The summed E-state index contributed by atoms with van der Waals surface area (Å²) in [5.74, 6) is 2.42. The molecule has 2 rings (SSSR count). The molecule has 1 aliphatic heterocycles. The van der Waals surface area contributed by atoms with Crippen molar-refractivity contribution in [2.45, 2.75) is 32.3 Å². The highest BCUT2D eigenvalue weighted by molar-refractivity contribution is 5.01. The van der Waals surface area contributed by atoms with Gasteiger partial charge in [0.2, 0.25) is 5.89 Å². The van der Waals surface area contributed by atoms with Crippen LogP contribution in [0.3, 0.4) is 0 Å². The van der Waals surface area contributed by atoms with Gasteiger partial charge in [-0.25, -0.2) is 0 Å². The van der Waals surface area contributed by atoms with E-state index in [1.807, 2.05) is 6.92 Å². The molecule has 0 amide bonds. The van der Waals surface area contributed by atoms with E-state index in [0.29, 0.717) is 18.3 Å². The Bertz CT molecular complexity index is 340. The fourth-order valence-electron chi connectivity index (χ4n) is 1.98. The third-order valence-electron chi connectivity index (χ3n) is 3.19. The van der Waals surface area contributed by atoms with Crippen molar-refractivity contribution in [2.75, 3.05) is 20.2 Å². The minimum Gasteiger partial charge on any atom is -0.381 e. The van der Waals surface area contributed by atoms with Crippen LogP contribution in [0.5, 0.6) is 0 Å². The molecule has 0 aromatic carbocycles. The Morgan fingerprint density at radius 1 is 1.56 bits per heavy atom. The molecular weight excluding hydrogens is 206 g/mol. The van der Waals surface area contributed by atoms with E-state index in [9.17, 15) is 0 Å². The lowest BCUT2D eigenvalue weighted by atomic mass is 9.98. The summed E-state index contributed by atoms with van der Waals surface area (Å²) in [6.07, 6.45) is 0.832. The Hall–Kier alpha value is -0.940. The number of nitrogens with zero attached hydrogens (tertiary/aromatic N) is 2. The zero-order valence-corrected chi connectivity index (χ0v) is 10.1. The molecule has 1 fully saturated rings. The first-order valence-corrected chi connectivity index (χ1v) is 5.76. The zero-order chi connectivity index (χ0) is 11.5. The molecule has 0 saturated carbocycles. The first-order chi connectivity index (χ1) is 7.70. The Morgan fingerprint density at radius 2 is 2.38 bits per heavy atom. The first-order valence-electron chi connectivity index (χ1n) is 5.76. The average Bonchev–Trinajstić information content (AvgIpc) is 2.86. The third kappa shape index (κ3) is 2.41. The van der Waals surface area contributed by atoms with Crippen LogP contribution in [0.15, 0.2) is 4.52 Å². The van der Waals surface area contributed by atoms with Crippen molar-refractivity contribution < 1.29 is 9.26 Å². The van der Waals surface area contributed by atoms with Crippen LogP contribution in [-0.4, -0.2) is 36.4 Å². The normalized spacial score (nSPS) is 27.2. The van der Waals surface area contributed by atoms with Crippen molar-refractivity contribution in [3.05, 3.63) is 11.7 Å². The van der Waals surface area contributed by atoms with Crippen LogP contribution in [0.4, 0.5) is 0 Å². The molecule has 0 spiro atoms. The third-order valence-corrected chi connectivity index (χ3v) is 3.19. The van der Waals surface area contributed by atoms with Crippen LogP contribution in [0.2, 0.25) is 0 Å². The highest BCUT2D eigenvalue weighted by Gasteiger charge is 2.29. The molecule has 1 aromatic heterocycles. The molecule has 5 heteroatoms. The van der Waals surface area contributed by atoms with E-state index in [-0.39, 0.29) is 6.10 Å². The average molecular weight is 225 g/mol. The van der Waals surface area contributed by atoms with Gasteiger partial charge in [-0.1, -0.05) is 12.1 Å². The molecule has 5 nitrogen and oxygen atoms in total. The fraction of sp³-hybridized carbons (Fsp3) is 0.818. The van der Waals surface area contributed by atoms with Gasteiger partial charge in [0, 0.05) is 20.1 Å². The summed E-state index contributed by atoms with van der Waals surface area (Å²) in [4.78, 5) is 4.43. The Morgan fingerprint density at radius 3 is 3.00 bits per heavy atom. The topological polar surface area (TPSA) is 60.2 Å². The summed E-state index contributed by atoms with van der Waals surface area (Å²) in [6.45, 7) is 6.15. The molecule has 90 valence electrons. The van der Waals surface area contributed by atoms with E-state index in [4.69, 9.17) is 9.26 Å². The molecule has 1 aromatic rings. The Labute approximate surface area is 95.6 Å². The molecule has 16 heavy (non-hydrogen) atoms. The van der Waals surface area contributed by atoms with Gasteiger partial charge in [-0.05, 0) is 19.4 Å². The van der Waals surface area contributed by atoms with E-state index in [2.05, 4.69) is 22.4 Å². The van der Waals surface area contributed by atoms with E-state index in [1.165, 1.54) is 0 Å². The molecule has 3 atom stereocenters. The predicted octanol–water partition coefficient (Wildman–Crippen LogP) is 0.970. The van der Waals surface area contributed by atoms with Crippen molar-refractivity contribution in [3.8, 4) is 0 Å². The monoisotopic (exact) mass is 225 g/mol. The Balaban J connectivity index is 2.01. The summed E-state index contributed by atoms with van der Waals surface area (Å²) in [6, 6.07) is 0. The highest BCUT2D eigenvalue weighted by Crippen LogP contribution is 2.26. The number of hydrogen-bond acceptors (Lipinski definition) is 5. The SMILES string of the molecule is COC(C)Cc1noc(C2CNCC2C)n1. The molecule has 0 aliphatic carbocycles. The summed E-state index contributed by atoms with van der Waals surface area (Å²) in [5, 5.41) is 7.32. The van der Waals surface area contributed by atoms with Crippen LogP contribution in [0.25, 0.3) is 0 Å². The van der Waals surface area contributed by atoms with Crippen LogP contribution < -0.4 is 5.32 Å². The van der Waals surface area contributed by atoms with E-state index >= 15 is 0 Å². The van der Waals surface area contributed by atoms with Crippen LogP contribution in [-0.2, 0) is 11.2 Å². The van der Waals surface area contributed by atoms with Crippen molar-refractivity contribution in [1.82, 2.24) is 15.5 Å². The molecule has 1 saturated heterocycles. The predicted molar refractivity (Wildman–Crippen MR) is 59.2 cm³/mol. The Kier molecular flexibility index (Phi) is 3.56. The first kappa shape index (κ1) is 11.5. The number of rotatable bonds is 4. The molecular formula is C11H19N3O2. The lowest BCUT2D eigenvalue weighted by Gasteiger charge is -2.07. The summed E-state index contributed by atoms with van der Waals surface area (Å²) in [5.41, 5.74) is 0. The van der Waals surface area contributed by atoms with Gasteiger partial charge >= 0.3 is 0 Å². The van der Waals surface area contributed by atoms with E-state index < -0.39 is 0 Å². The molecule has 3 unspecified atom stereocenters. The maximum atomic E-state index is 5.31. The lowest BCUT2D eigenvalue weighted by molar-refractivity contribution is 0.116. The second-order valence-electron chi connectivity index (χ2n) is 4.54. The summed E-state index contributed by atoms with van der Waals surface area (Å²) >= 11 is 0. The molecule has 0 radical (unpaired) electrons. The van der Waals surface area contributed by atoms with Gasteiger partial charge in [0.05, 0.1) is 12.0 Å². The quantitative estimate of drug-likeness (QED) is 0.827. The largest absolute Gasteiger partial charge is 0.381 e. The summed E-state index contributed by atoms with van der Waals surface area (Å²) in [7, 11) is 1.69. The lowest BCUT2D eigenvalue weighted by Crippen LogP contribution is -2.11. The van der Waals surface area contributed by atoms with Gasteiger partial charge < -0.3 is 14.6 Å². The minimum absolute atomic E-state index is 0.129. The summed E-state index contributed by atoms with van der Waals surface area (Å²) < 4.78 is 10.5. The second-order valence-corrected chi connectivity index (χ2v) is 4.54. The van der Waals surface area contributed by atoms with Gasteiger partial charge in [-0.15, -0.1) is 0 Å². The van der Waals surface area contributed by atoms with Gasteiger partial charge in [0.25, 0.3) is 0 Å². The van der Waals surface area contributed by atoms with E-state index in [1.54, 1.807) is 7.11 Å². The minimum atomic E-state index is 0.129. The zero-order valence-electron chi connectivity index (χ0n) is 10.1. The number of hydrogen-bond donors (Lipinski definition) is 1. The number of nitrogens with one attached hydrogen (secondary N) is 1. The van der Waals surface area contributed by atoms with Crippen LogP contribution in [0, 0.1) is 5.92 Å². The van der Waals surface area contributed by atoms with Gasteiger partial charge in [-0.2, -0.15) is 4.98 Å². The maximum Gasteiger partial charge on any atom is 0.231 e. The van der Waals surface area contributed by atoms with Crippen molar-refractivity contribution >= 4 is 0 Å². The number of aromatic nitrogens is 2. The standard InChI is InChI=1S/C11H19N3O2/c1-7-5-12-6-9(7)11-13-10(14-16-11)4-8(2)15-3/h7-9,12H,4-6H2,1-3H3. The van der Waals surface area contributed by atoms with Crippen LogP contribution >= 0.6 is 0 Å². The fourth-order valence-corrected chi connectivity index (χ4v) is 1.98. The molecule has 0 bridgehead atoms. The van der Waals surface area contributed by atoms with Crippen LogP contribution in [0.1, 0.15) is 31.5 Å². The molecule has 2 heterocycles. The van der Waals surface area contributed by atoms with E-state index in [0.717, 1.165) is 24.8 Å².